The molecule has 0 saturated heterocycles. The topological polar surface area (TPSA) is 30.7 Å². The van der Waals surface area contributed by atoms with Gasteiger partial charge in [0.1, 0.15) is 5.65 Å². The van der Waals surface area contributed by atoms with Gasteiger partial charge in [-0.05, 0) is 23.6 Å². The Labute approximate surface area is 112 Å². The van der Waals surface area contributed by atoms with E-state index in [9.17, 15) is 0 Å². The minimum absolute atomic E-state index is 0.485. The number of aromatic nitrogens is 3. The van der Waals surface area contributed by atoms with Gasteiger partial charge in [0, 0.05) is 48.3 Å². The third-order valence-electron chi connectivity index (χ3n) is 3.47. The van der Waals surface area contributed by atoms with E-state index in [2.05, 4.69) is 46.7 Å². The molecule has 0 amide bonds. The van der Waals surface area contributed by atoms with Gasteiger partial charge in [-0.25, -0.2) is 4.98 Å². The molecule has 0 unspecified atom stereocenters. The van der Waals surface area contributed by atoms with Crippen LogP contribution in [0.25, 0.3) is 22.2 Å². The zero-order valence-corrected chi connectivity index (χ0v) is 11.5. The Balaban J connectivity index is 2.27. The van der Waals surface area contributed by atoms with E-state index in [0.29, 0.717) is 5.92 Å². The largest absolute Gasteiger partial charge is 0.335 e. The number of rotatable bonds is 2. The van der Waals surface area contributed by atoms with E-state index < -0.39 is 0 Å². The summed E-state index contributed by atoms with van der Waals surface area (Å²) >= 11 is 0. The molecule has 0 radical (unpaired) electrons. The minimum atomic E-state index is 0.485. The number of pyridine rings is 2. The lowest BCUT2D eigenvalue weighted by molar-refractivity contribution is 0.858. The molecule has 3 aromatic heterocycles. The van der Waals surface area contributed by atoms with Gasteiger partial charge >= 0.3 is 0 Å². The van der Waals surface area contributed by atoms with E-state index in [4.69, 9.17) is 0 Å². The third kappa shape index (κ3) is 2.01. The molecular weight excluding hydrogens is 234 g/mol. The molecule has 0 fully saturated rings. The Kier molecular flexibility index (Phi) is 2.82. The highest BCUT2D eigenvalue weighted by molar-refractivity contribution is 5.94. The number of aryl methyl sites for hydroxylation is 1. The van der Waals surface area contributed by atoms with Gasteiger partial charge in [0.15, 0.2) is 0 Å². The average Bonchev–Trinajstić information content (AvgIpc) is 2.77. The van der Waals surface area contributed by atoms with Crippen molar-refractivity contribution in [2.24, 2.45) is 7.05 Å². The van der Waals surface area contributed by atoms with Crippen LogP contribution in [0, 0.1) is 0 Å². The van der Waals surface area contributed by atoms with Crippen molar-refractivity contribution in [3.8, 4) is 11.1 Å². The monoisotopic (exact) mass is 251 g/mol. The Morgan fingerprint density at radius 3 is 2.74 bits per heavy atom. The van der Waals surface area contributed by atoms with Crippen molar-refractivity contribution in [3.63, 3.8) is 0 Å². The van der Waals surface area contributed by atoms with Crippen molar-refractivity contribution >= 4 is 11.0 Å². The first-order valence-electron chi connectivity index (χ1n) is 6.52. The van der Waals surface area contributed by atoms with Crippen molar-refractivity contribution in [1.82, 2.24) is 14.5 Å². The summed E-state index contributed by atoms with van der Waals surface area (Å²) in [5, 5.41) is 1.20. The van der Waals surface area contributed by atoms with Crippen molar-refractivity contribution < 1.29 is 0 Å². The molecule has 0 aromatic carbocycles. The molecule has 0 aliphatic rings. The molecule has 0 spiro atoms. The Morgan fingerprint density at radius 2 is 2.05 bits per heavy atom. The van der Waals surface area contributed by atoms with Crippen LogP contribution >= 0.6 is 0 Å². The molecule has 0 atom stereocenters. The first kappa shape index (κ1) is 11.9. The van der Waals surface area contributed by atoms with Crippen LogP contribution in [-0.4, -0.2) is 14.5 Å². The highest BCUT2D eigenvalue weighted by Crippen LogP contribution is 2.30. The van der Waals surface area contributed by atoms with E-state index in [-0.39, 0.29) is 0 Å². The lowest BCUT2D eigenvalue weighted by Gasteiger charge is -2.05. The molecule has 3 aromatic rings. The van der Waals surface area contributed by atoms with E-state index >= 15 is 0 Å². The summed E-state index contributed by atoms with van der Waals surface area (Å²) in [5.74, 6) is 0.485. The van der Waals surface area contributed by atoms with Crippen molar-refractivity contribution in [1.29, 1.82) is 0 Å². The minimum Gasteiger partial charge on any atom is -0.335 e. The average molecular weight is 251 g/mol. The van der Waals surface area contributed by atoms with Gasteiger partial charge in [-0.15, -0.1) is 0 Å². The smallest absolute Gasteiger partial charge is 0.140 e. The van der Waals surface area contributed by atoms with Gasteiger partial charge in [0.05, 0.1) is 0 Å². The second-order valence-electron chi connectivity index (χ2n) is 5.19. The fourth-order valence-electron chi connectivity index (χ4n) is 2.35. The molecule has 0 saturated carbocycles. The predicted octanol–water partition coefficient (Wildman–Crippen LogP) is 3.76. The maximum atomic E-state index is 4.59. The first-order valence-corrected chi connectivity index (χ1v) is 6.52. The van der Waals surface area contributed by atoms with Crippen LogP contribution in [0.2, 0.25) is 0 Å². The normalized spacial score (nSPS) is 11.4. The van der Waals surface area contributed by atoms with Crippen LogP contribution in [0.4, 0.5) is 0 Å². The van der Waals surface area contributed by atoms with Crippen LogP contribution in [0.5, 0.6) is 0 Å². The number of hydrogen-bond acceptors (Lipinski definition) is 2. The summed E-state index contributed by atoms with van der Waals surface area (Å²) in [7, 11) is 2.03. The summed E-state index contributed by atoms with van der Waals surface area (Å²) in [4.78, 5) is 8.80. The van der Waals surface area contributed by atoms with E-state index in [1.807, 2.05) is 25.5 Å². The lowest BCUT2D eigenvalue weighted by Crippen LogP contribution is -1.91. The van der Waals surface area contributed by atoms with E-state index in [1.165, 1.54) is 16.5 Å². The Bertz CT molecular complexity index is 711. The van der Waals surface area contributed by atoms with Gasteiger partial charge in [-0.3, -0.25) is 4.98 Å². The van der Waals surface area contributed by atoms with E-state index in [1.54, 1.807) is 6.20 Å². The maximum Gasteiger partial charge on any atom is 0.140 e. The molecule has 3 rings (SSSR count). The van der Waals surface area contributed by atoms with Crippen LogP contribution in [0.3, 0.4) is 0 Å². The van der Waals surface area contributed by atoms with Gasteiger partial charge in [0.25, 0.3) is 0 Å². The zero-order valence-electron chi connectivity index (χ0n) is 11.5. The predicted molar refractivity (Wildman–Crippen MR) is 78.0 cm³/mol. The summed E-state index contributed by atoms with van der Waals surface area (Å²) in [6.07, 6.45) is 7.79. The highest BCUT2D eigenvalue weighted by atomic mass is 15.0. The molecule has 19 heavy (non-hydrogen) atoms. The van der Waals surface area contributed by atoms with Crippen molar-refractivity contribution in [3.05, 3.63) is 48.5 Å². The quantitative estimate of drug-likeness (QED) is 0.694. The Morgan fingerprint density at radius 1 is 1.21 bits per heavy atom. The number of nitrogens with zero attached hydrogens (tertiary/aromatic N) is 3. The summed E-state index contributed by atoms with van der Waals surface area (Å²) in [6.45, 7) is 4.38. The van der Waals surface area contributed by atoms with Gasteiger partial charge in [-0.1, -0.05) is 19.9 Å². The molecule has 3 heteroatoms. The van der Waals surface area contributed by atoms with Crippen LogP contribution in [-0.2, 0) is 7.05 Å². The van der Waals surface area contributed by atoms with Crippen LogP contribution in [0.15, 0.2) is 43.0 Å². The summed E-state index contributed by atoms with van der Waals surface area (Å²) < 4.78 is 2.07. The SMILES string of the molecule is CC(C)c1cnc2c(c1)c(-c1cccnc1)cn2C. The van der Waals surface area contributed by atoms with Crippen molar-refractivity contribution in [2.45, 2.75) is 19.8 Å². The lowest BCUT2D eigenvalue weighted by atomic mass is 10.0. The maximum absolute atomic E-state index is 4.59. The number of hydrogen-bond donors (Lipinski definition) is 0. The molecule has 0 aliphatic heterocycles. The zero-order chi connectivity index (χ0) is 13.4. The molecular formula is C16H17N3. The van der Waals surface area contributed by atoms with Crippen molar-refractivity contribution in [2.75, 3.05) is 0 Å². The molecule has 3 nitrogen and oxygen atoms in total. The second-order valence-corrected chi connectivity index (χ2v) is 5.19. The highest BCUT2D eigenvalue weighted by Gasteiger charge is 2.11. The number of fused-ring (bicyclic) bond motifs is 1. The summed E-state index contributed by atoms with van der Waals surface area (Å²) in [6, 6.07) is 6.30. The van der Waals surface area contributed by atoms with Crippen LogP contribution < -0.4 is 0 Å². The summed E-state index contributed by atoms with van der Waals surface area (Å²) in [5.41, 5.74) is 4.61. The molecule has 0 N–H and O–H groups in total. The second kappa shape index (κ2) is 4.50. The standard InChI is InChI=1S/C16H17N3/c1-11(2)13-7-14-15(12-5-4-6-17-8-12)10-19(3)16(14)18-9-13/h4-11H,1-3H3. The third-order valence-corrected chi connectivity index (χ3v) is 3.47. The first-order chi connectivity index (χ1) is 9.16. The molecule has 96 valence electrons. The van der Waals surface area contributed by atoms with Gasteiger partial charge in [0.2, 0.25) is 0 Å². The van der Waals surface area contributed by atoms with Gasteiger partial charge in [-0.2, -0.15) is 0 Å². The fourth-order valence-corrected chi connectivity index (χ4v) is 2.35. The molecule has 0 bridgehead atoms. The van der Waals surface area contributed by atoms with Gasteiger partial charge < -0.3 is 4.57 Å². The molecule has 3 heterocycles. The van der Waals surface area contributed by atoms with Crippen LogP contribution in [0.1, 0.15) is 25.3 Å². The van der Waals surface area contributed by atoms with E-state index in [0.717, 1.165) is 11.2 Å². The Hall–Kier alpha value is -2.16. The fraction of sp³-hybridized carbons (Fsp3) is 0.250. The molecule has 0 aliphatic carbocycles.